The summed E-state index contributed by atoms with van der Waals surface area (Å²) in [6.07, 6.45) is 2.02. The Morgan fingerprint density at radius 1 is 1.24 bits per heavy atom. The topological polar surface area (TPSA) is 72.5 Å². The van der Waals surface area contributed by atoms with E-state index in [9.17, 15) is 8.78 Å². The third-order valence-corrected chi connectivity index (χ3v) is 6.04. The number of hydrogen-bond donors (Lipinski definition) is 1. The van der Waals surface area contributed by atoms with Gasteiger partial charge in [-0.25, -0.2) is 22.7 Å². The van der Waals surface area contributed by atoms with E-state index in [2.05, 4.69) is 32.3 Å². The summed E-state index contributed by atoms with van der Waals surface area (Å²) in [6.45, 7) is 1.46. The van der Waals surface area contributed by atoms with E-state index >= 15 is 4.39 Å². The Bertz CT molecular complexity index is 1290. The Morgan fingerprint density at radius 2 is 2.03 bits per heavy atom. The third kappa shape index (κ3) is 4.08. The Hall–Kier alpha value is -3.34. The normalized spacial score (nSPS) is 15.7. The highest BCUT2D eigenvalue weighted by Gasteiger charge is 2.23. The second-order valence-corrected chi connectivity index (χ2v) is 8.30. The summed E-state index contributed by atoms with van der Waals surface area (Å²) < 4.78 is 49.3. The van der Waals surface area contributed by atoms with Crippen molar-refractivity contribution in [3.8, 4) is 17.0 Å². The molecule has 1 aliphatic rings. The van der Waals surface area contributed by atoms with Gasteiger partial charge in [0.1, 0.15) is 5.52 Å². The lowest BCUT2D eigenvalue weighted by atomic mass is 10.1. The predicted molar refractivity (Wildman–Crippen MR) is 118 cm³/mol. The summed E-state index contributed by atoms with van der Waals surface area (Å²) in [5.41, 5.74) is 2.15. The number of fused-ring (bicyclic) bond motifs is 2. The summed E-state index contributed by atoms with van der Waals surface area (Å²) >= 11 is 0. The standard InChI is InChI=1S/C22H24F3N7O/c1-30-7-5-14(6-8-30)27-22-28-21(33-2)20-19(15(23)10-32(20)29-22)13-3-4-16-17(9-13)31(12-26-16)11-18(24)25/h3-4,9-10,12,14,18H,5-8,11H2,1-2H3,(H,27,29). The van der Waals surface area contributed by atoms with Crippen LogP contribution < -0.4 is 10.1 Å². The summed E-state index contributed by atoms with van der Waals surface area (Å²) in [4.78, 5) is 10.9. The molecule has 0 saturated carbocycles. The van der Waals surface area contributed by atoms with Crippen molar-refractivity contribution in [3.05, 3.63) is 36.5 Å². The molecule has 1 fully saturated rings. The van der Waals surface area contributed by atoms with Crippen LogP contribution in [0.1, 0.15) is 12.8 Å². The first kappa shape index (κ1) is 21.5. The van der Waals surface area contributed by atoms with Gasteiger partial charge < -0.3 is 19.5 Å². The SMILES string of the molecule is COc1nc(NC2CCN(C)CC2)nn2cc(F)c(-c3ccc4ncn(CC(F)F)c4c3)c12. The maximum Gasteiger partial charge on any atom is 0.256 e. The van der Waals surface area contributed by atoms with Gasteiger partial charge in [-0.2, -0.15) is 4.98 Å². The van der Waals surface area contributed by atoms with Gasteiger partial charge in [-0.05, 0) is 50.7 Å². The van der Waals surface area contributed by atoms with Crippen LogP contribution in [0.15, 0.2) is 30.7 Å². The van der Waals surface area contributed by atoms with Crippen molar-refractivity contribution >= 4 is 22.5 Å². The van der Waals surface area contributed by atoms with E-state index in [0.717, 1.165) is 25.9 Å². The van der Waals surface area contributed by atoms with Crippen LogP contribution in [-0.2, 0) is 6.54 Å². The predicted octanol–water partition coefficient (Wildman–Crippen LogP) is 3.66. The number of piperidine rings is 1. The van der Waals surface area contributed by atoms with Gasteiger partial charge in [-0.3, -0.25) is 0 Å². The smallest absolute Gasteiger partial charge is 0.256 e. The minimum atomic E-state index is -2.53. The van der Waals surface area contributed by atoms with E-state index in [1.807, 2.05) is 0 Å². The Kier molecular flexibility index (Phi) is 5.57. The molecule has 1 aliphatic heterocycles. The average molecular weight is 459 g/mol. The van der Waals surface area contributed by atoms with E-state index < -0.39 is 18.8 Å². The molecular formula is C22H24F3N7O. The molecule has 0 bridgehead atoms. The quantitative estimate of drug-likeness (QED) is 0.475. The van der Waals surface area contributed by atoms with E-state index in [1.165, 1.54) is 28.7 Å². The van der Waals surface area contributed by atoms with E-state index in [4.69, 9.17) is 4.74 Å². The fourth-order valence-corrected chi connectivity index (χ4v) is 4.34. The molecule has 174 valence electrons. The van der Waals surface area contributed by atoms with Gasteiger partial charge in [0, 0.05) is 6.04 Å². The summed E-state index contributed by atoms with van der Waals surface area (Å²) in [7, 11) is 3.56. The van der Waals surface area contributed by atoms with Gasteiger partial charge in [-0.15, -0.1) is 5.10 Å². The van der Waals surface area contributed by atoms with Crippen molar-refractivity contribution in [2.45, 2.75) is 31.9 Å². The fourth-order valence-electron chi connectivity index (χ4n) is 4.34. The first-order valence-corrected chi connectivity index (χ1v) is 10.7. The number of alkyl halides is 2. The average Bonchev–Trinajstić information content (AvgIpc) is 3.33. The number of nitrogens with zero attached hydrogens (tertiary/aromatic N) is 6. The van der Waals surface area contributed by atoms with Crippen molar-refractivity contribution in [1.29, 1.82) is 0 Å². The van der Waals surface area contributed by atoms with E-state index in [0.29, 0.717) is 28.1 Å². The molecule has 0 amide bonds. The zero-order valence-corrected chi connectivity index (χ0v) is 18.3. The number of likely N-dealkylation sites (tertiary alicyclic amines) is 1. The first-order valence-electron chi connectivity index (χ1n) is 10.7. The molecule has 8 nitrogen and oxygen atoms in total. The molecule has 1 saturated heterocycles. The van der Waals surface area contributed by atoms with Crippen LogP contribution in [0, 0.1) is 5.82 Å². The highest BCUT2D eigenvalue weighted by molar-refractivity contribution is 5.90. The molecule has 11 heteroatoms. The zero-order valence-electron chi connectivity index (χ0n) is 18.3. The summed E-state index contributed by atoms with van der Waals surface area (Å²) in [5.74, 6) is 0.0692. The molecule has 0 aliphatic carbocycles. The molecule has 0 unspecified atom stereocenters. The molecule has 4 heterocycles. The van der Waals surface area contributed by atoms with Gasteiger partial charge in [-0.1, -0.05) is 6.07 Å². The number of anilines is 1. The van der Waals surface area contributed by atoms with Gasteiger partial charge in [0.25, 0.3) is 6.43 Å². The van der Waals surface area contributed by atoms with Crippen molar-refractivity contribution in [2.24, 2.45) is 0 Å². The van der Waals surface area contributed by atoms with Gasteiger partial charge in [0.2, 0.25) is 11.8 Å². The van der Waals surface area contributed by atoms with Crippen molar-refractivity contribution in [1.82, 2.24) is 29.0 Å². The molecule has 0 spiro atoms. The number of hydrogen-bond acceptors (Lipinski definition) is 6. The lowest BCUT2D eigenvalue weighted by molar-refractivity contribution is 0.128. The number of rotatable bonds is 6. The Balaban J connectivity index is 1.55. The Morgan fingerprint density at radius 3 is 2.76 bits per heavy atom. The van der Waals surface area contributed by atoms with E-state index in [-0.39, 0.29) is 17.5 Å². The summed E-state index contributed by atoms with van der Waals surface area (Å²) in [6, 6.07) is 5.25. The molecular weight excluding hydrogens is 435 g/mol. The molecule has 1 N–H and O–H groups in total. The zero-order chi connectivity index (χ0) is 23.1. The third-order valence-electron chi connectivity index (χ3n) is 6.04. The van der Waals surface area contributed by atoms with Crippen molar-refractivity contribution in [3.63, 3.8) is 0 Å². The Labute approximate surface area is 188 Å². The van der Waals surface area contributed by atoms with Crippen LogP contribution in [0.3, 0.4) is 0 Å². The number of nitrogens with one attached hydrogen (secondary N) is 1. The summed E-state index contributed by atoms with van der Waals surface area (Å²) in [5, 5.41) is 7.79. The number of aromatic nitrogens is 5. The number of halogens is 3. The van der Waals surface area contributed by atoms with Crippen LogP contribution in [0.25, 0.3) is 27.7 Å². The van der Waals surface area contributed by atoms with Gasteiger partial charge in [0.15, 0.2) is 5.82 Å². The van der Waals surface area contributed by atoms with Crippen LogP contribution >= 0.6 is 0 Å². The molecule has 4 aromatic rings. The first-order chi connectivity index (χ1) is 15.9. The van der Waals surface area contributed by atoms with Gasteiger partial charge in [0.05, 0.1) is 42.8 Å². The molecule has 3 aromatic heterocycles. The second kappa shape index (κ2) is 8.54. The number of imidazole rings is 1. The van der Waals surface area contributed by atoms with Crippen LogP contribution in [0.5, 0.6) is 5.88 Å². The molecule has 33 heavy (non-hydrogen) atoms. The maximum atomic E-state index is 15.2. The lowest BCUT2D eigenvalue weighted by Gasteiger charge is -2.29. The van der Waals surface area contributed by atoms with Gasteiger partial charge >= 0.3 is 0 Å². The minimum absolute atomic E-state index is 0.223. The number of ether oxygens (including phenoxy) is 1. The van der Waals surface area contributed by atoms with E-state index in [1.54, 1.807) is 18.2 Å². The molecule has 0 atom stereocenters. The molecule has 1 aromatic carbocycles. The van der Waals surface area contributed by atoms with Crippen molar-refractivity contribution in [2.75, 3.05) is 32.6 Å². The largest absolute Gasteiger partial charge is 0.479 e. The van der Waals surface area contributed by atoms with Crippen molar-refractivity contribution < 1.29 is 17.9 Å². The highest BCUT2D eigenvalue weighted by Crippen LogP contribution is 2.35. The highest BCUT2D eigenvalue weighted by atomic mass is 19.3. The number of methoxy groups -OCH3 is 1. The maximum absolute atomic E-state index is 15.2. The molecule has 5 rings (SSSR count). The number of benzene rings is 1. The molecule has 0 radical (unpaired) electrons. The monoisotopic (exact) mass is 459 g/mol. The van der Waals surface area contributed by atoms with Crippen LogP contribution in [0.2, 0.25) is 0 Å². The lowest BCUT2D eigenvalue weighted by Crippen LogP contribution is -2.37. The second-order valence-electron chi connectivity index (χ2n) is 8.30. The van der Waals surface area contributed by atoms with Crippen LogP contribution in [-0.4, -0.2) is 68.8 Å². The minimum Gasteiger partial charge on any atom is -0.479 e. The van der Waals surface area contributed by atoms with Crippen LogP contribution in [0.4, 0.5) is 19.1 Å². The fraction of sp³-hybridized carbons (Fsp3) is 0.409.